The van der Waals surface area contributed by atoms with Crippen molar-refractivity contribution in [2.45, 2.75) is 23.8 Å². The highest BCUT2D eigenvalue weighted by Crippen LogP contribution is 2.34. The first-order chi connectivity index (χ1) is 16.7. The minimum absolute atomic E-state index is 0.425. The topological polar surface area (TPSA) is 91.3 Å². The molecule has 0 bridgehead atoms. The second kappa shape index (κ2) is 9.94. The van der Waals surface area contributed by atoms with Gasteiger partial charge >= 0.3 is 0 Å². The number of methoxy groups -OCH3 is 2. The molecule has 0 atom stereocenters. The summed E-state index contributed by atoms with van der Waals surface area (Å²) in [6.45, 7) is 1.90. The summed E-state index contributed by atoms with van der Waals surface area (Å²) in [5, 5.41) is 14.4. The van der Waals surface area contributed by atoms with Crippen LogP contribution in [0.2, 0.25) is 5.02 Å². The van der Waals surface area contributed by atoms with E-state index in [9.17, 15) is 0 Å². The van der Waals surface area contributed by atoms with E-state index >= 15 is 0 Å². The number of anilines is 1. The first-order valence-electron chi connectivity index (χ1n) is 10.8. The molecule has 2 aromatic heterocycles. The molecule has 1 aliphatic rings. The zero-order valence-electron chi connectivity index (χ0n) is 18.8. The van der Waals surface area contributed by atoms with E-state index in [-0.39, 0.29) is 0 Å². The highest BCUT2D eigenvalue weighted by atomic mass is 35.5. The van der Waals surface area contributed by atoms with Crippen molar-refractivity contribution in [1.29, 1.82) is 0 Å². The number of thioether (sulfide) groups is 1. The van der Waals surface area contributed by atoms with Gasteiger partial charge in [0.15, 0.2) is 5.16 Å². The third kappa shape index (κ3) is 4.43. The van der Waals surface area contributed by atoms with Crippen LogP contribution in [-0.4, -0.2) is 52.2 Å². The Balaban J connectivity index is 1.40. The summed E-state index contributed by atoms with van der Waals surface area (Å²) in [5.41, 5.74) is 1.56. The van der Waals surface area contributed by atoms with Crippen molar-refractivity contribution in [3.8, 4) is 28.6 Å². The molecule has 0 spiro atoms. The zero-order chi connectivity index (χ0) is 23.5. The van der Waals surface area contributed by atoms with Crippen LogP contribution in [0.25, 0.3) is 17.1 Å². The summed E-state index contributed by atoms with van der Waals surface area (Å²) < 4.78 is 18.2. The highest BCUT2D eigenvalue weighted by molar-refractivity contribution is 7.98. The Morgan fingerprint density at radius 3 is 2.65 bits per heavy atom. The lowest BCUT2D eigenvalue weighted by Crippen LogP contribution is -2.22. The molecule has 4 aromatic rings. The Labute approximate surface area is 206 Å². The van der Waals surface area contributed by atoms with E-state index in [0.717, 1.165) is 43.1 Å². The van der Waals surface area contributed by atoms with Crippen molar-refractivity contribution in [3.05, 3.63) is 53.4 Å². The predicted octanol–water partition coefficient (Wildman–Crippen LogP) is 4.88. The van der Waals surface area contributed by atoms with Gasteiger partial charge in [-0.15, -0.1) is 10.2 Å². The Morgan fingerprint density at radius 2 is 1.88 bits per heavy atom. The summed E-state index contributed by atoms with van der Waals surface area (Å²) in [4.78, 5) is 6.79. The molecule has 11 heteroatoms. The number of benzene rings is 2. The third-order valence-electron chi connectivity index (χ3n) is 5.54. The predicted molar refractivity (Wildman–Crippen MR) is 130 cm³/mol. The molecule has 9 nitrogen and oxygen atoms in total. The molecule has 1 aliphatic heterocycles. The number of nitrogens with zero attached hydrogens (tertiary/aromatic N) is 6. The van der Waals surface area contributed by atoms with Gasteiger partial charge in [0, 0.05) is 19.2 Å². The summed E-state index contributed by atoms with van der Waals surface area (Å²) >= 11 is 8.00. The summed E-state index contributed by atoms with van der Waals surface area (Å²) in [7, 11) is 3.20. The lowest BCUT2D eigenvalue weighted by Gasteiger charge is -2.18. The standard InChI is InChI=1S/C23H23ClN6O3S/c1-31-15-9-10-16(19(13-15)32-2)21-25-20(33-28-21)14-34-23-27-26-22(29-11-5-6-12-29)30(23)18-8-4-3-7-17(18)24/h3-4,7-10,13H,5-6,11-12,14H2,1-2H3. The van der Waals surface area contributed by atoms with Crippen LogP contribution < -0.4 is 14.4 Å². The summed E-state index contributed by atoms with van der Waals surface area (Å²) in [6.07, 6.45) is 2.27. The Morgan fingerprint density at radius 1 is 1.06 bits per heavy atom. The van der Waals surface area contributed by atoms with Gasteiger partial charge in [-0.25, -0.2) is 0 Å². The molecule has 0 saturated carbocycles. The molecule has 5 rings (SSSR count). The fraction of sp³-hybridized carbons (Fsp3) is 0.304. The van der Waals surface area contributed by atoms with Gasteiger partial charge in [-0.05, 0) is 37.1 Å². The number of ether oxygens (including phenoxy) is 2. The highest BCUT2D eigenvalue weighted by Gasteiger charge is 2.24. The van der Waals surface area contributed by atoms with E-state index in [1.54, 1.807) is 20.3 Å². The minimum Gasteiger partial charge on any atom is -0.497 e. The normalized spacial score (nSPS) is 13.4. The molecule has 0 amide bonds. The lowest BCUT2D eigenvalue weighted by atomic mass is 10.2. The Kier molecular flexibility index (Phi) is 6.59. The molecule has 1 saturated heterocycles. The first-order valence-corrected chi connectivity index (χ1v) is 12.2. The quantitative estimate of drug-likeness (QED) is 0.315. The molecular weight excluding hydrogens is 476 g/mol. The molecular formula is C23H23ClN6O3S. The molecule has 176 valence electrons. The van der Waals surface area contributed by atoms with E-state index in [2.05, 4.69) is 25.2 Å². The monoisotopic (exact) mass is 498 g/mol. The average Bonchev–Trinajstić information content (AvgIpc) is 3.63. The van der Waals surface area contributed by atoms with E-state index in [1.165, 1.54) is 11.8 Å². The molecule has 0 unspecified atom stereocenters. The number of rotatable bonds is 8. The van der Waals surface area contributed by atoms with Crippen LogP contribution >= 0.6 is 23.4 Å². The first kappa shape index (κ1) is 22.5. The molecule has 3 heterocycles. The number of halogens is 1. The number of hydrogen-bond donors (Lipinski definition) is 0. The summed E-state index contributed by atoms with van der Waals surface area (Å²) in [5.74, 6) is 3.42. The number of hydrogen-bond acceptors (Lipinski definition) is 9. The van der Waals surface area contributed by atoms with Crippen LogP contribution in [0.15, 0.2) is 52.1 Å². The van der Waals surface area contributed by atoms with Crippen LogP contribution in [0.1, 0.15) is 18.7 Å². The van der Waals surface area contributed by atoms with Crippen molar-refractivity contribution < 1.29 is 14.0 Å². The largest absolute Gasteiger partial charge is 0.497 e. The summed E-state index contributed by atoms with van der Waals surface area (Å²) in [6, 6.07) is 13.2. The average molecular weight is 499 g/mol. The molecule has 0 N–H and O–H groups in total. The zero-order valence-corrected chi connectivity index (χ0v) is 20.3. The maximum absolute atomic E-state index is 6.54. The van der Waals surface area contributed by atoms with Crippen LogP contribution in [0, 0.1) is 0 Å². The van der Waals surface area contributed by atoms with Gasteiger partial charge < -0.3 is 18.9 Å². The maximum atomic E-state index is 6.54. The van der Waals surface area contributed by atoms with Crippen molar-refractivity contribution in [3.63, 3.8) is 0 Å². The molecule has 2 aromatic carbocycles. The fourth-order valence-corrected chi connectivity index (χ4v) is 4.85. The van der Waals surface area contributed by atoms with Crippen molar-refractivity contribution >= 4 is 29.3 Å². The van der Waals surface area contributed by atoms with Crippen molar-refractivity contribution in [2.75, 3.05) is 32.2 Å². The molecule has 0 aliphatic carbocycles. The fourth-order valence-electron chi connectivity index (χ4n) is 3.85. The van der Waals surface area contributed by atoms with Crippen molar-refractivity contribution in [1.82, 2.24) is 24.9 Å². The van der Waals surface area contributed by atoms with Crippen LogP contribution in [-0.2, 0) is 5.75 Å². The number of para-hydroxylation sites is 1. The van der Waals surface area contributed by atoms with Crippen molar-refractivity contribution in [2.24, 2.45) is 0 Å². The van der Waals surface area contributed by atoms with Gasteiger partial charge in [0.2, 0.25) is 17.7 Å². The van der Waals surface area contributed by atoms with Gasteiger partial charge in [0.1, 0.15) is 11.5 Å². The van der Waals surface area contributed by atoms with E-state index in [4.69, 9.17) is 25.6 Å². The van der Waals surface area contributed by atoms with Crippen LogP contribution in [0.3, 0.4) is 0 Å². The van der Waals surface area contributed by atoms with E-state index < -0.39 is 0 Å². The molecule has 0 radical (unpaired) electrons. The maximum Gasteiger partial charge on any atom is 0.237 e. The lowest BCUT2D eigenvalue weighted by molar-refractivity contribution is 0.388. The van der Waals surface area contributed by atoms with Crippen LogP contribution in [0.5, 0.6) is 11.5 Å². The Bertz CT molecular complexity index is 1290. The van der Waals surface area contributed by atoms with Gasteiger partial charge in [-0.3, -0.25) is 4.57 Å². The minimum atomic E-state index is 0.425. The van der Waals surface area contributed by atoms with Gasteiger partial charge in [0.05, 0.1) is 36.2 Å². The van der Waals surface area contributed by atoms with E-state index in [1.807, 2.05) is 41.0 Å². The second-order valence-electron chi connectivity index (χ2n) is 7.63. The SMILES string of the molecule is COc1ccc(-c2noc(CSc3nnc(N4CCCC4)n3-c3ccccc3Cl)n2)c(OC)c1. The molecule has 1 fully saturated rings. The van der Waals surface area contributed by atoms with Gasteiger partial charge in [-0.1, -0.05) is 40.7 Å². The van der Waals surface area contributed by atoms with E-state index in [0.29, 0.717) is 39.1 Å². The second-order valence-corrected chi connectivity index (χ2v) is 8.98. The Hall–Kier alpha value is -3.24. The number of aromatic nitrogens is 5. The smallest absolute Gasteiger partial charge is 0.237 e. The molecule has 34 heavy (non-hydrogen) atoms. The van der Waals surface area contributed by atoms with Gasteiger partial charge in [0.25, 0.3) is 0 Å². The third-order valence-corrected chi connectivity index (χ3v) is 6.77. The van der Waals surface area contributed by atoms with Crippen LogP contribution in [0.4, 0.5) is 5.95 Å². The van der Waals surface area contributed by atoms with Gasteiger partial charge in [-0.2, -0.15) is 4.98 Å².